The molecule has 0 aliphatic heterocycles. The maximum Gasteiger partial charge on any atom is 0.172 e. The molecular formula is C23H17N3. The third-order valence-corrected chi connectivity index (χ3v) is 4.13. The lowest BCUT2D eigenvalue weighted by Crippen LogP contribution is -1.98. The molecule has 3 nitrogen and oxygen atoms in total. The number of allylic oxidation sites excluding steroid dienone is 1. The molecule has 4 aromatic rings. The standard InChI is InChI=1S/C23H17N3/c1-3-4-15-20-22(19-13-9-6-10-14-19)25-26-21(16-17(2)24-23(20)26)18-11-7-5-8-12-18/h3,5-14,16H,1H2,2H3. The van der Waals surface area contributed by atoms with Gasteiger partial charge < -0.3 is 0 Å². The van der Waals surface area contributed by atoms with Crippen LogP contribution < -0.4 is 0 Å². The van der Waals surface area contributed by atoms with Crippen LogP contribution in [-0.4, -0.2) is 14.6 Å². The van der Waals surface area contributed by atoms with Gasteiger partial charge in [-0.25, -0.2) is 9.50 Å². The van der Waals surface area contributed by atoms with E-state index in [0.29, 0.717) is 0 Å². The Hall–Kier alpha value is -3.64. The molecule has 0 unspecified atom stereocenters. The van der Waals surface area contributed by atoms with E-state index >= 15 is 0 Å². The predicted molar refractivity (Wildman–Crippen MR) is 106 cm³/mol. The van der Waals surface area contributed by atoms with Gasteiger partial charge in [0.25, 0.3) is 0 Å². The molecule has 2 heterocycles. The predicted octanol–water partition coefficient (Wildman–Crippen LogP) is 4.91. The minimum atomic E-state index is 0.761. The van der Waals surface area contributed by atoms with E-state index in [1.165, 1.54) is 0 Å². The number of hydrogen-bond acceptors (Lipinski definition) is 2. The van der Waals surface area contributed by atoms with Gasteiger partial charge in [0.05, 0.1) is 11.3 Å². The highest BCUT2D eigenvalue weighted by Crippen LogP contribution is 2.28. The lowest BCUT2D eigenvalue weighted by Gasteiger charge is -2.06. The number of aryl methyl sites for hydroxylation is 1. The van der Waals surface area contributed by atoms with Crippen LogP contribution in [-0.2, 0) is 0 Å². The Kier molecular flexibility index (Phi) is 4.09. The summed E-state index contributed by atoms with van der Waals surface area (Å²) in [5.74, 6) is 6.13. The zero-order chi connectivity index (χ0) is 17.9. The first kappa shape index (κ1) is 15.9. The molecule has 0 atom stereocenters. The highest BCUT2D eigenvalue weighted by atomic mass is 15.3. The van der Waals surface area contributed by atoms with Crippen LogP contribution >= 0.6 is 0 Å². The molecule has 0 fully saturated rings. The molecule has 0 bridgehead atoms. The molecule has 124 valence electrons. The second-order valence-corrected chi connectivity index (χ2v) is 5.95. The summed E-state index contributed by atoms with van der Waals surface area (Å²) in [4.78, 5) is 4.72. The van der Waals surface area contributed by atoms with Crippen LogP contribution in [0.1, 0.15) is 11.3 Å². The van der Waals surface area contributed by atoms with Crippen LogP contribution in [0, 0.1) is 18.8 Å². The molecule has 26 heavy (non-hydrogen) atoms. The molecule has 0 spiro atoms. The Balaban J connectivity index is 2.08. The zero-order valence-electron chi connectivity index (χ0n) is 14.5. The lowest BCUT2D eigenvalue weighted by atomic mass is 10.1. The number of benzene rings is 2. The van der Waals surface area contributed by atoms with E-state index in [-0.39, 0.29) is 0 Å². The molecule has 0 aliphatic rings. The van der Waals surface area contributed by atoms with Crippen LogP contribution in [0.15, 0.2) is 79.4 Å². The summed E-state index contributed by atoms with van der Waals surface area (Å²) in [5, 5.41) is 4.87. The van der Waals surface area contributed by atoms with Crippen molar-refractivity contribution in [3.05, 3.63) is 90.6 Å². The van der Waals surface area contributed by atoms with E-state index in [2.05, 4.69) is 36.6 Å². The molecule has 0 saturated carbocycles. The Morgan fingerprint density at radius 1 is 0.962 bits per heavy atom. The number of aromatic nitrogens is 3. The van der Waals surface area contributed by atoms with E-state index in [1.807, 2.05) is 60.0 Å². The van der Waals surface area contributed by atoms with Gasteiger partial charge in [-0.1, -0.05) is 79.1 Å². The molecule has 3 heteroatoms. The van der Waals surface area contributed by atoms with E-state index in [9.17, 15) is 0 Å². The van der Waals surface area contributed by atoms with Crippen LogP contribution in [0.3, 0.4) is 0 Å². The quantitative estimate of drug-likeness (QED) is 0.487. The Labute approximate surface area is 152 Å². The SMILES string of the molecule is C=CC#Cc1c(-c2ccccc2)nn2c(-c3ccccc3)cc(C)nc12. The maximum atomic E-state index is 4.87. The van der Waals surface area contributed by atoms with Crippen molar-refractivity contribution in [1.82, 2.24) is 14.6 Å². The van der Waals surface area contributed by atoms with Crippen molar-refractivity contribution in [2.24, 2.45) is 0 Å². The lowest BCUT2D eigenvalue weighted by molar-refractivity contribution is 0.942. The van der Waals surface area contributed by atoms with Crippen LogP contribution in [0.4, 0.5) is 0 Å². The Morgan fingerprint density at radius 2 is 1.62 bits per heavy atom. The number of fused-ring (bicyclic) bond motifs is 1. The number of nitrogens with zero attached hydrogens (tertiary/aromatic N) is 3. The summed E-state index contributed by atoms with van der Waals surface area (Å²) >= 11 is 0. The summed E-state index contributed by atoms with van der Waals surface area (Å²) in [6.45, 7) is 5.70. The highest BCUT2D eigenvalue weighted by molar-refractivity contribution is 5.78. The van der Waals surface area contributed by atoms with Crippen molar-refractivity contribution < 1.29 is 0 Å². The second kappa shape index (κ2) is 6.70. The molecule has 0 saturated heterocycles. The van der Waals surface area contributed by atoms with Gasteiger partial charge in [0.15, 0.2) is 5.65 Å². The average molecular weight is 335 g/mol. The molecule has 4 rings (SSSR count). The number of hydrogen-bond donors (Lipinski definition) is 0. The fourth-order valence-corrected chi connectivity index (χ4v) is 2.99. The Morgan fingerprint density at radius 3 is 2.27 bits per heavy atom. The van der Waals surface area contributed by atoms with E-state index in [0.717, 1.165) is 39.4 Å². The second-order valence-electron chi connectivity index (χ2n) is 5.95. The summed E-state index contributed by atoms with van der Waals surface area (Å²) in [7, 11) is 0. The van der Waals surface area contributed by atoms with Gasteiger partial charge in [0.2, 0.25) is 0 Å². The molecule has 2 aromatic carbocycles. The number of rotatable bonds is 2. The van der Waals surface area contributed by atoms with Gasteiger partial charge in [-0.3, -0.25) is 0 Å². The van der Waals surface area contributed by atoms with Gasteiger partial charge in [0, 0.05) is 16.8 Å². The van der Waals surface area contributed by atoms with Gasteiger partial charge in [-0.05, 0) is 19.1 Å². The van der Waals surface area contributed by atoms with Gasteiger partial charge >= 0.3 is 0 Å². The van der Waals surface area contributed by atoms with Crippen molar-refractivity contribution in [3.8, 4) is 34.4 Å². The monoisotopic (exact) mass is 335 g/mol. The minimum absolute atomic E-state index is 0.761. The van der Waals surface area contributed by atoms with Crippen molar-refractivity contribution >= 4 is 5.65 Å². The van der Waals surface area contributed by atoms with Crippen molar-refractivity contribution in [3.63, 3.8) is 0 Å². The summed E-state index contributed by atoms with van der Waals surface area (Å²) < 4.78 is 1.89. The fourth-order valence-electron chi connectivity index (χ4n) is 2.99. The van der Waals surface area contributed by atoms with E-state index in [1.54, 1.807) is 6.08 Å². The van der Waals surface area contributed by atoms with Crippen LogP contribution in [0.25, 0.3) is 28.2 Å². The Bertz CT molecular complexity index is 1140. The maximum absolute atomic E-state index is 4.87. The van der Waals surface area contributed by atoms with Crippen molar-refractivity contribution in [2.75, 3.05) is 0 Å². The van der Waals surface area contributed by atoms with E-state index < -0.39 is 0 Å². The molecule has 0 amide bonds. The molecular weight excluding hydrogens is 318 g/mol. The first-order chi connectivity index (χ1) is 12.8. The highest BCUT2D eigenvalue weighted by Gasteiger charge is 2.17. The average Bonchev–Trinajstić information content (AvgIpc) is 3.05. The normalized spacial score (nSPS) is 10.3. The summed E-state index contributed by atoms with van der Waals surface area (Å²) in [6.07, 6.45) is 1.59. The molecule has 0 aliphatic carbocycles. The van der Waals surface area contributed by atoms with Crippen molar-refractivity contribution in [2.45, 2.75) is 6.92 Å². The van der Waals surface area contributed by atoms with Crippen molar-refractivity contribution in [1.29, 1.82) is 0 Å². The summed E-state index contributed by atoms with van der Waals surface area (Å²) in [6, 6.07) is 22.3. The zero-order valence-corrected chi connectivity index (χ0v) is 14.5. The molecule has 2 aromatic heterocycles. The van der Waals surface area contributed by atoms with Crippen LogP contribution in [0.5, 0.6) is 0 Å². The molecule has 0 radical (unpaired) electrons. The summed E-state index contributed by atoms with van der Waals surface area (Å²) in [5.41, 5.74) is 6.44. The topological polar surface area (TPSA) is 30.2 Å². The third kappa shape index (κ3) is 2.78. The first-order valence-corrected chi connectivity index (χ1v) is 8.41. The van der Waals surface area contributed by atoms with Gasteiger partial charge in [-0.15, -0.1) is 0 Å². The first-order valence-electron chi connectivity index (χ1n) is 8.41. The molecule has 0 N–H and O–H groups in total. The minimum Gasteiger partial charge on any atom is -0.233 e. The fraction of sp³-hybridized carbons (Fsp3) is 0.0435. The van der Waals surface area contributed by atoms with Gasteiger partial charge in [0.1, 0.15) is 5.69 Å². The van der Waals surface area contributed by atoms with Crippen LogP contribution in [0.2, 0.25) is 0 Å². The largest absolute Gasteiger partial charge is 0.233 e. The van der Waals surface area contributed by atoms with E-state index in [4.69, 9.17) is 10.1 Å². The third-order valence-electron chi connectivity index (χ3n) is 4.13. The smallest absolute Gasteiger partial charge is 0.172 e. The van der Waals surface area contributed by atoms with Gasteiger partial charge in [-0.2, -0.15) is 5.10 Å².